The van der Waals surface area contributed by atoms with Gasteiger partial charge in [-0.25, -0.2) is 23.1 Å². The Balaban J connectivity index is 1.84. The molecule has 0 spiro atoms. The predicted octanol–water partition coefficient (Wildman–Crippen LogP) is 2.37. The number of hydrogen-bond acceptors (Lipinski definition) is 7. The van der Waals surface area contributed by atoms with Crippen molar-refractivity contribution in [1.82, 2.24) is 19.7 Å². The fourth-order valence-electron chi connectivity index (χ4n) is 4.37. The van der Waals surface area contributed by atoms with Crippen LogP contribution >= 0.6 is 0 Å². The van der Waals surface area contributed by atoms with Crippen LogP contribution in [0, 0.1) is 12.8 Å². The Morgan fingerprint density at radius 3 is 2.69 bits per heavy atom. The summed E-state index contributed by atoms with van der Waals surface area (Å²) in [7, 11) is -4.43. The molecule has 0 bridgehead atoms. The number of aryl methyl sites for hydroxylation is 1. The maximum atomic E-state index is 13.3. The molecule has 1 aliphatic heterocycles. The highest BCUT2D eigenvalue weighted by atomic mass is 32.2. The SMILES string of the molecule is Cc1ccc2nc(N3C[C@@H](C)CC3(C)C)c(C(=O)NS(=O)(=O)c3cnc[nH]c3=O)cc2c1. The number of carbonyl (C=O) groups excluding carboxylic acids is 1. The lowest BCUT2D eigenvalue weighted by atomic mass is 9.97. The zero-order valence-corrected chi connectivity index (χ0v) is 19.2. The first-order valence-electron chi connectivity index (χ1n) is 10.3. The zero-order valence-electron chi connectivity index (χ0n) is 18.3. The van der Waals surface area contributed by atoms with E-state index in [1.54, 1.807) is 6.07 Å². The third kappa shape index (κ3) is 3.97. The van der Waals surface area contributed by atoms with E-state index < -0.39 is 26.4 Å². The molecule has 3 heterocycles. The van der Waals surface area contributed by atoms with E-state index in [0.717, 1.165) is 29.9 Å². The van der Waals surface area contributed by atoms with Crippen molar-refractivity contribution in [2.75, 3.05) is 11.4 Å². The Hall–Kier alpha value is -3.27. The summed E-state index contributed by atoms with van der Waals surface area (Å²) in [5.74, 6) is -0.0490. The topological polar surface area (TPSA) is 125 Å². The van der Waals surface area contributed by atoms with Gasteiger partial charge in [0.15, 0.2) is 4.90 Å². The molecule has 0 unspecified atom stereocenters. The summed E-state index contributed by atoms with van der Waals surface area (Å²) in [6.07, 6.45) is 2.89. The Labute approximate surface area is 186 Å². The summed E-state index contributed by atoms with van der Waals surface area (Å²) < 4.78 is 27.5. The lowest BCUT2D eigenvalue weighted by Crippen LogP contribution is -2.41. The number of H-pyrrole nitrogens is 1. The van der Waals surface area contributed by atoms with Crippen molar-refractivity contribution >= 4 is 32.7 Å². The van der Waals surface area contributed by atoms with Crippen LogP contribution in [0.4, 0.5) is 5.82 Å². The van der Waals surface area contributed by atoms with Crippen LogP contribution in [0.1, 0.15) is 43.1 Å². The van der Waals surface area contributed by atoms with Crippen LogP contribution < -0.4 is 15.2 Å². The van der Waals surface area contributed by atoms with Crippen LogP contribution in [-0.4, -0.2) is 41.4 Å². The number of pyridine rings is 1. The van der Waals surface area contributed by atoms with Gasteiger partial charge < -0.3 is 9.88 Å². The summed E-state index contributed by atoms with van der Waals surface area (Å²) in [5.41, 5.74) is 0.711. The fraction of sp³-hybridized carbons (Fsp3) is 0.364. The number of nitrogens with one attached hydrogen (secondary N) is 2. The first kappa shape index (κ1) is 21.9. The summed E-state index contributed by atoms with van der Waals surface area (Å²) in [5, 5.41) is 0.723. The van der Waals surface area contributed by atoms with Crippen LogP contribution in [0.15, 0.2) is 46.5 Å². The molecule has 2 aromatic heterocycles. The molecule has 0 aliphatic carbocycles. The van der Waals surface area contributed by atoms with Crippen molar-refractivity contribution in [1.29, 1.82) is 0 Å². The lowest BCUT2D eigenvalue weighted by Gasteiger charge is -2.34. The molecule has 10 heteroatoms. The number of rotatable bonds is 4. The molecule has 1 amide bonds. The zero-order chi connectivity index (χ0) is 23.3. The van der Waals surface area contributed by atoms with E-state index in [0.29, 0.717) is 23.8 Å². The van der Waals surface area contributed by atoms with Crippen LogP contribution in [-0.2, 0) is 10.0 Å². The average molecular weight is 456 g/mol. The lowest BCUT2D eigenvalue weighted by molar-refractivity contribution is 0.0981. The highest BCUT2D eigenvalue weighted by molar-refractivity contribution is 7.90. The standard InChI is InChI=1S/C22H25N5O4S/c1-13-5-6-17-15(7-13)8-16(19(25-17)27-11-14(2)9-22(27,3)4)20(28)26-32(30,31)18-10-23-12-24-21(18)29/h5-8,10,12,14H,9,11H2,1-4H3,(H,26,28)(H,23,24,29)/t14-/m0/s1. The third-order valence-electron chi connectivity index (χ3n) is 5.73. The number of aromatic nitrogens is 3. The van der Waals surface area contributed by atoms with Gasteiger partial charge in [-0.1, -0.05) is 18.6 Å². The monoisotopic (exact) mass is 455 g/mol. The number of nitrogens with zero attached hydrogens (tertiary/aromatic N) is 3. The second-order valence-corrected chi connectivity index (χ2v) is 10.6. The molecule has 2 N–H and O–H groups in total. The number of anilines is 1. The second kappa shape index (κ2) is 7.70. The molecule has 3 aromatic rings. The largest absolute Gasteiger partial charge is 0.351 e. The Bertz CT molecular complexity index is 1380. The summed E-state index contributed by atoms with van der Waals surface area (Å²) >= 11 is 0. The second-order valence-electron chi connectivity index (χ2n) is 8.97. The molecular weight excluding hydrogens is 430 g/mol. The first-order valence-corrected chi connectivity index (χ1v) is 11.8. The van der Waals surface area contributed by atoms with Gasteiger partial charge >= 0.3 is 0 Å². The van der Waals surface area contributed by atoms with Gasteiger partial charge in [0.25, 0.3) is 21.5 Å². The molecule has 4 rings (SSSR count). The maximum absolute atomic E-state index is 13.3. The van der Waals surface area contributed by atoms with Crippen LogP contribution in [0.5, 0.6) is 0 Å². The minimum Gasteiger partial charge on any atom is -0.351 e. The van der Waals surface area contributed by atoms with E-state index in [9.17, 15) is 18.0 Å². The molecule has 1 fully saturated rings. The van der Waals surface area contributed by atoms with Crippen molar-refractivity contribution in [3.05, 3.63) is 58.3 Å². The van der Waals surface area contributed by atoms with Crippen molar-refractivity contribution in [3.63, 3.8) is 0 Å². The Morgan fingerprint density at radius 1 is 1.28 bits per heavy atom. The van der Waals surface area contributed by atoms with Crippen molar-refractivity contribution in [2.24, 2.45) is 5.92 Å². The van der Waals surface area contributed by atoms with Gasteiger partial charge in [-0.3, -0.25) is 9.59 Å². The molecule has 1 aromatic carbocycles. The van der Waals surface area contributed by atoms with E-state index >= 15 is 0 Å². The summed E-state index contributed by atoms with van der Waals surface area (Å²) in [6.45, 7) is 8.89. The molecule has 0 radical (unpaired) electrons. The van der Waals surface area contributed by atoms with Gasteiger partial charge in [-0.15, -0.1) is 0 Å². The molecule has 9 nitrogen and oxygen atoms in total. The molecule has 32 heavy (non-hydrogen) atoms. The molecule has 1 atom stereocenters. The minimum absolute atomic E-state index is 0.133. The van der Waals surface area contributed by atoms with Gasteiger partial charge in [0.2, 0.25) is 0 Å². The van der Waals surface area contributed by atoms with Crippen molar-refractivity contribution in [2.45, 2.75) is 44.6 Å². The van der Waals surface area contributed by atoms with Gasteiger partial charge in [0.05, 0.1) is 23.6 Å². The van der Waals surface area contributed by atoms with Crippen molar-refractivity contribution in [3.8, 4) is 0 Å². The van der Waals surface area contributed by atoms with E-state index in [-0.39, 0.29) is 11.1 Å². The van der Waals surface area contributed by atoms with E-state index in [2.05, 4.69) is 35.6 Å². The third-order valence-corrected chi connectivity index (χ3v) is 7.05. The molecular formula is C22H25N5O4S. The molecule has 168 valence electrons. The Kier molecular flexibility index (Phi) is 5.28. The number of aromatic amines is 1. The highest BCUT2D eigenvalue weighted by Crippen LogP contribution is 2.38. The van der Waals surface area contributed by atoms with Crippen LogP contribution in [0.2, 0.25) is 0 Å². The fourth-order valence-corrected chi connectivity index (χ4v) is 5.34. The van der Waals surface area contributed by atoms with E-state index in [4.69, 9.17) is 4.98 Å². The van der Waals surface area contributed by atoms with Gasteiger partial charge in [0, 0.05) is 17.5 Å². The summed E-state index contributed by atoms with van der Waals surface area (Å²) in [4.78, 5) is 37.2. The number of carbonyl (C=O) groups is 1. The number of sulfonamides is 1. The van der Waals surface area contributed by atoms with Gasteiger partial charge in [-0.2, -0.15) is 0 Å². The van der Waals surface area contributed by atoms with Crippen LogP contribution in [0.3, 0.4) is 0 Å². The predicted molar refractivity (Wildman–Crippen MR) is 121 cm³/mol. The first-order chi connectivity index (χ1) is 15.0. The number of hydrogen-bond donors (Lipinski definition) is 2. The quantitative estimate of drug-likeness (QED) is 0.619. The molecule has 0 saturated carbocycles. The summed E-state index contributed by atoms with van der Waals surface area (Å²) in [6, 6.07) is 7.37. The van der Waals surface area contributed by atoms with Gasteiger partial charge in [0.1, 0.15) is 5.82 Å². The number of fused-ring (bicyclic) bond motifs is 1. The van der Waals surface area contributed by atoms with Crippen molar-refractivity contribution < 1.29 is 13.2 Å². The van der Waals surface area contributed by atoms with Crippen LogP contribution in [0.25, 0.3) is 10.9 Å². The average Bonchev–Trinajstić information content (AvgIpc) is 2.98. The normalized spacial score (nSPS) is 18.1. The smallest absolute Gasteiger partial charge is 0.271 e. The maximum Gasteiger partial charge on any atom is 0.271 e. The number of benzene rings is 1. The van der Waals surface area contributed by atoms with E-state index in [1.807, 2.05) is 29.8 Å². The minimum atomic E-state index is -4.43. The Morgan fingerprint density at radius 2 is 2.03 bits per heavy atom. The highest BCUT2D eigenvalue weighted by Gasteiger charge is 2.39. The number of amides is 1. The van der Waals surface area contributed by atoms with Gasteiger partial charge in [-0.05, 0) is 51.3 Å². The van der Waals surface area contributed by atoms with E-state index in [1.165, 1.54) is 0 Å². The molecule has 1 saturated heterocycles. The molecule has 1 aliphatic rings.